The lowest BCUT2D eigenvalue weighted by Gasteiger charge is -2.13. The molecule has 10 heteroatoms. The van der Waals surface area contributed by atoms with Gasteiger partial charge in [0.2, 0.25) is 0 Å². The number of hydrazone groups is 1. The van der Waals surface area contributed by atoms with Crippen LogP contribution in [0.4, 0.5) is 11.4 Å². The molecule has 3 rings (SSSR count). The third-order valence-electron chi connectivity index (χ3n) is 5.45. The lowest BCUT2D eigenvalue weighted by atomic mass is 10.2. The fourth-order valence-corrected chi connectivity index (χ4v) is 3.35. The highest BCUT2D eigenvalue weighted by molar-refractivity contribution is 6.39. The summed E-state index contributed by atoms with van der Waals surface area (Å²) in [5.74, 6) is -0.903. The van der Waals surface area contributed by atoms with Crippen LogP contribution in [-0.4, -0.2) is 44.3 Å². The topological polar surface area (TPSA) is 127 Å². The van der Waals surface area contributed by atoms with Gasteiger partial charge in [-0.05, 0) is 61.4 Å². The Balaban J connectivity index is 1.56. The Kier molecular flexibility index (Phi) is 10.9. The Bertz CT molecular complexity index is 1310. The summed E-state index contributed by atoms with van der Waals surface area (Å²) < 4.78 is 16.7. The van der Waals surface area contributed by atoms with Gasteiger partial charge in [0, 0.05) is 16.9 Å². The van der Waals surface area contributed by atoms with Crippen molar-refractivity contribution < 1.29 is 28.6 Å². The molecule has 0 aliphatic carbocycles. The standard InChI is InChI=1S/C29H32N4O6/c1-4-5-17-38-23-15-13-22(14-16-23)31-28(35)29(36)33-30-18-21-10-8-12-25(37-3)27(21)39-19-26(34)32-24-11-7-6-9-20(24)2/h6-16,18H,4-5,17,19H2,1-3H3,(H,31,35)(H,32,34)(H,33,36)/b30-18-. The zero-order valence-electron chi connectivity index (χ0n) is 22.2. The molecule has 0 saturated heterocycles. The zero-order valence-corrected chi connectivity index (χ0v) is 22.2. The summed E-state index contributed by atoms with van der Waals surface area (Å²) in [5.41, 5.74) is 4.66. The smallest absolute Gasteiger partial charge is 0.329 e. The Morgan fingerprint density at radius 1 is 0.897 bits per heavy atom. The number of hydrogen-bond acceptors (Lipinski definition) is 7. The van der Waals surface area contributed by atoms with Gasteiger partial charge in [0.1, 0.15) is 5.75 Å². The van der Waals surface area contributed by atoms with Crippen molar-refractivity contribution in [1.29, 1.82) is 0 Å². The highest BCUT2D eigenvalue weighted by Crippen LogP contribution is 2.30. The average Bonchev–Trinajstić information content (AvgIpc) is 2.94. The van der Waals surface area contributed by atoms with Gasteiger partial charge in [0.25, 0.3) is 5.91 Å². The number of nitrogens with zero attached hydrogens (tertiary/aromatic N) is 1. The number of unbranched alkanes of at least 4 members (excludes halogenated alkanes) is 1. The third kappa shape index (κ3) is 8.89. The SMILES string of the molecule is CCCCOc1ccc(NC(=O)C(=O)N/N=C\c2cccc(OC)c2OCC(=O)Nc2ccccc2C)cc1. The summed E-state index contributed by atoms with van der Waals surface area (Å²) in [4.78, 5) is 36.9. The van der Waals surface area contributed by atoms with Gasteiger partial charge in [-0.25, -0.2) is 5.43 Å². The zero-order chi connectivity index (χ0) is 28.0. The maximum atomic E-state index is 12.4. The molecule has 0 aliphatic heterocycles. The number of benzene rings is 3. The molecule has 0 unspecified atom stereocenters. The summed E-state index contributed by atoms with van der Waals surface area (Å²) in [6, 6.07) is 19.1. The molecule has 3 amide bonds. The van der Waals surface area contributed by atoms with Crippen molar-refractivity contribution in [3.63, 3.8) is 0 Å². The lowest BCUT2D eigenvalue weighted by molar-refractivity contribution is -0.136. The van der Waals surface area contributed by atoms with Crippen LogP contribution in [0.3, 0.4) is 0 Å². The molecule has 0 aliphatic rings. The normalized spacial score (nSPS) is 10.5. The first-order valence-electron chi connectivity index (χ1n) is 12.4. The molecule has 3 aromatic rings. The fourth-order valence-electron chi connectivity index (χ4n) is 3.35. The Morgan fingerprint density at radius 2 is 1.67 bits per heavy atom. The van der Waals surface area contributed by atoms with E-state index in [2.05, 4.69) is 28.1 Å². The molecule has 39 heavy (non-hydrogen) atoms. The highest BCUT2D eigenvalue weighted by Gasteiger charge is 2.15. The van der Waals surface area contributed by atoms with Gasteiger partial charge in [-0.3, -0.25) is 14.4 Å². The van der Waals surface area contributed by atoms with Gasteiger partial charge in [-0.1, -0.05) is 37.6 Å². The van der Waals surface area contributed by atoms with Gasteiger partial charge in [-0.2, -0.15) is 5.10 Å². The van der Waals surface area contributed by atoms with E-state index >= 15 is 0 Å². The number of rotatable bonds is 12. The van der Waals surface area contributed by atoms with Crippen LogP contribution in [0.2, 0.25) is 0 Å². The maximum Gasteiger partial charge on any atom is 0.329 e. The van der Waals surface area contributed by atoms with E-state index in [-0.39, 0.29) is 18.3 Å². The molecule has 3 aromatic carbocycles. The van der Waals surface area contributed by atoms with Crippen molar-refractivity contribution in [2.75, 3.05) is 31.0 Å². The number of carbonyl (C=O) groups excluding carboxylic acids is 3. The molecule has 0 radical (unpaired) electrons. The van der Waals surface area contributed by atoms with Crippen molar-refractivity contribution in [3.8, 4) is 17.2 Å². The van der Waals surface area contributed by atoms with Crippen molar-refractivity contribution in [1.82, 2.24) is 5.43 Å². The number of aryl methyl sites for hydroxylation is 1. The second kappa shape index (κ2) is 14.8. The minimum atomic E-state index is -0.961. The monoisotopic (exact) mass is 532 g/mol. The maximum absolute atomic E-state index is 12.4. The first kappa shape index (κ1) is 28.7. The van der Waals surface area contributed by atoms with Gasteiger partial charge >= 0.3 is 11.8 Å². The van der Waals surface area contributed by atoms with E-state index in [1.54, 1.807) is 48.5 Å². The van der Waals surface area contributed by atoms with Crippen LogP contribution >= 0.6 is 0 Å². The summed E-state index contributed by atoms with van der Waals surface area (Å²) in [5, 5.41) is 9.16. The van der Waals surface area contributed by atoms with Crippen LogP contribution in [0.15, 0.2) is 71.8 Å². The molecule has 0 aromatic heterocycles. The first-order valence-corrected chi connectivity index (χ1v) is 12.4. The van der Waals surface area contributed by atoms with Crippen LogP contribution in [0.1, 0.15) is 30.9 Å². The van der Waals surface area contributed by atoms with E-state index in [1.165, 1.54) is 13.3 Å². The van der Waals surface area contributed by atoms with E-state index in [4.69, 9.17) is 14.2 Å². The molecule has 3 N–H and O–H groups in total. The van der Waals surface area contributed by atoms with Crippen LogP contribution in [0.25, 0.3) is 0 Å². The highest BCUT2D eigenvalue weighted by atomic mass is 16.5. The van der Waals surface area contributed by atoms with Crippen molar-refractivity contribution >= 4 is 35.3 Å². The summed E-state index contributed by atoms with van der Waals surface area (Å²) in [6.07, 6.45) is 3.28. The lowest BCUT2D eigenvalue weighted by Crippen LogP contribution is -2.32. The van der Waals surface area contributed by atoms with Crippen molar-refractivity contribution in [2.45, 2.75) is 26.7 Å². The van der Waals surface area contributed by atoms with Gasteiger partial charge < -0.3 is 24.8 Å². The first-order chi connectivity index (χ1) is 18.9. The Hall–Kier alpha value is -4.86. The number of anilines is 2. The molecule has 0 fully saturated rings. The average molecular weight is 533 g/mol. The van der Waals surface area contributed by atoms with Crippen molar-refractivity contribution in [3.05, 3.63) is 77.9 Å². The summed E-state index contributed by atoms with van der Waals surface area (Å²) in [6.45, 7) is 4.30. The van der Waals surface area contributed by atoms with E-state index in [0.717, 1.165) is 18.4 Å². The molecule has 0 heterocycles. The third-order valence-corrected chi connectivity index (χ3v) is 5.45. The molecule has 10 nitrogen and oxygen atoms in total. The number of methoxy groups -OCH3 is 1. The molecule has 0 bridgehead atoms. The minimum absolute atomic E-state index is 0.253. The second-order valence-corrected chi connectivity index (χ2v) is 8.41. The molecular formula is C29H32N4O6. The van der Waals surface area contributed by atoms with Crippen LogP contribution in [0, 0.1) is 6.92 Å². The van der Waals surface area contributed by atoms with Crippen molar-refractivity contribution in [2.24, 2.45) is 5.10 Å². The van der Waals surface area contributed by atoms with Crippen LogP contribution < -0.4 is 30.3 Å². The number of amides is 3. The number of ether oxygens (including phenoxy) is 3. The predicted octanol–water partition coefficient (Wildman–Crippen LogP) is 4.29. The quantitative estimate of drug-likeness (QED) is 0.138. The van der Waals surface area contributed by atoms with E-state index in [0.29, 0.717) is 35.0 Å². The van der Waals surface area contributed by atoms with Crippen LogP contribution in [0.5, 0.6) is 17.2 Å². The minimum Gasteiger partial charge on any atom is -0.494 e. The molecule has 0 atom stereocenters. The molecule has 0 spiro atoms. The molecule has 0 saturated carbocycles. The van der Waals surface area contributed by atoms with Gasteiger partial charge in [0.05, 0.1) is 19.9 Å². The van der Waals surface area contributed by atoms with Crippen LogP contribution in [-0.2, 0) is 14.4 Å². The number of carbonyl (C=O) groups is 3. The van der Waals surface area contributed by atoms with E-state index < -0.39 is 11.8 Å². The van der Waals surface area contributed by atoms with Gasteiger partial charge in [-0.15, -0.1) is 0 Å². The largest absolute Gasteiger partial charge is 0.494 e. The number of hydrogen-bond donors (Lipinski definition) is 3. The molecule has 204 valence electrons. The Morgan fingerprint density at radius 3 is 2.38 bits per heavy atom. The fraction of sp³-hybridized carbons (Fsp3) is 0.241. The Labute approximate surface area is 227 Å². The second-order valence-electron chi connectivity index (χ2n) is 8.41. The van der Waals surface area contributed by atoms with Gasteiger partial charge in [0.15, 0.2) is 18.1 Å². The number of nitrogens with one attached hydrogen (secondary N) is 3. The number of para-hydroxylation sites is 2. The predicted molar refractivity (Wildman–Crippen MR) is 150 cm³/mol. The summed E-state index contributed by atoms with van der Waals surface area (Å²) >= 11 is 0. The molecular weight excluding hydrogens is 500 g/mol. The van der Waals surface area contributed by atoms with E-state index in [9.17, 15) is 14.4 Å². The summed E-state index contributed by atoms with van der Waals surface area (Å²) in [7, 11) is 1.46. The van der Waals surface area contributed by atoms with E-state index in [1.807, 2.05) is 25.1 Å².